The number of hydrogen-bond acceptors (Lipinski definition) is 8. The van der Waals surface area contributed by atoms with Crippen molar-refractivity contribution in [2.45, 2.75) is 62.7 Å². The van der Waals surface area contributed by atoms with Crippen LogP contribution in [0.25, 0.3) is 10.9 Å². The minimum Gasteiger partial charge on any atom is -0.481 e. The summed E-state index contributed by atoms with van der Waals surface area (Å²) in [7, 11) is 0. The first kappa shape index (κ1) is 32.2. The Bertz CT molecular complexity index is 1310. The van der Waals surface area contributed by atoms with E-state index in [0.29, 0.717) is 5.56 Å². The molecule has 0 radical (unpaired) electrons. The lowest BCUT2D eigenvalue weighted by Crippen LogP contribution is -2.58. The molecule has 41 heavy (non-hydrogen) atoms. The van der Waals surface area contributed by atoms with Crippen molar-refractivity contribution >= 4 is 52.4 Å². The van der Waals surface area contributed by atoms with Gasteiger partial charge < -0.3 is 48.3 Å². The fourth-order valence-corrected chi connectivity index (χ4v) is 3.94. The largest absolute Gasteiger partial charge is 0.481 e. The van der Waals surface area contributed by atoms with Crippen molar-refractivity contribution < 1.29 is 43.8 Å². The minimum absolute atomic E-state index is 0.134. The molecule has 0 fully saturated rings. The number of hydrogen-bond donors (Lipinski definition) is 9. The van der Waals surface area contributed by atoms with Crippen molar-refractivity contribution in [3.8, 4) is 0 Å². The van der Waals surface area contributed by atoms with Crippen molar-refractivity contribution in [2.24, 2.45) is 17.2 Å². The molecule has 1 aromatic heterocycles. The van der Waals surface area contributed by atoms with E-state index in [9.17, 15) is 38.7 Å². The molecule has 222 valence electrons. The molecule has 16 heteroatoms. The normalized spacial score (nSPS) is 13.8. The number of carboxylic acid groups (broad SMARTS) is 2. The number of para-hydroxylation sites is 1. The molecule has 2 rings (SSSR count). The van der Waals surface area contributed by atoms with Gasteiger partial charge in [0, 0.05) is 36.4 Å². The number of H-pyrrole nitrogens is 1. The molecule has 4 unspecified atom stereocenters. The highest BCUT2D eigenvalue weighted by molar-refractivity contribution is 5.96. The van der Waals surface area contributed by atoms with E-state index in [4.69, 9.17) is 22.3 Å². The molecule has 12 N–H and O–H groups in total. The van der Waals surface area contributed by atoms with Crippen molar-refractivity contribution in [1.29, 1.82) is 0 Å². The zero-order chi connectivity index (χ0) is 30.7. The average Bonchev–Trinajstić information content (AvgIpc) is 3.30. The molecule has 0 saturated carbocycles. The second kappa shape index (κ2) is 15.0. The standard InChI is InChI=1S/C25H33N7O9/c26-14(10-20(28)34)22(37)30-16(6-8-21(35)36)23(38)32-18(9-12-11-29-15-4-2-1-3-13(12)15)24(39)31-17(25(40)41)5-7-19(27)33/h1-4,11,14,16-18,29H,5-10,26H2,(H2,27,33)(H2,28,34)(H,30,37)(H,31,39)(H,32,38)(H,35,36)(H,40,41). The summed E-state index contributed by atoms with van der Waals surface area (Å²) in [5.74, 6) is -7.20. The van der Waals surface area contributed by atoms with Crippen molar-refractivity contribution in [3.63, 3.8) is 0 Å². The van der Waals surface area contributed by atoms with Gasteiger partial charge in [-0.3, -0.25) is 28.8 Å². The van der Waals surface area contributed by atoms with E-state index in [1.807, 2.05) is 0 Å². The van der Waals surface area contributed by atoms with Crippen LogP contribution in [-0.2, 0) is 40.0 Å². The third-order valence-corrected chi connectivity index (χ3v) is 6.06. The van der Waals surface area contributed by atoms with Crippen LogP contribution in [0.15, 0.2) is 30.5 Å². The molecule has 1 heterocycles. The van der Waals surface area contributed by atoms with E-state index in [-0.39, 0.29) is 19.3 Å². The van der Waals surface area contributed by atoms with Crippen LogP contribution in [0.4, 0.5) is 0 Å². The number of aliphatic carboxylic acids is 2. The fraction of sp³-hybridized carbons (Fsp3) is 0.400. The SMILES string of the molecule is NC(=O)CCC(NC(=O)C(Cc1c[nH]c2ccccc12)NC(=O)C(CCC(=O)O)NC(=O)C(N)CC(N)=O)C(=O)O. The van der Waals surface area contributed by atoms with Crippen molar-refractivity contribution in [1.82, 2.24) is 20.9 Å². The maximum absolute atomic E-state index is 13.3. The van der Waals surface area contributed by atoms with E-state index in [1.165, 1.54) is 0 Å². The monoisotopic (exact) mass is 575 g/mol. The summed E-state index contributed by atoms with van der Waals surface area (Å²) >= 11 is 0. The van der Waals surface area contributed by atoms with Crippen LogP contribution in [0.3, 0.4) is 0 Å². The first-order valence-corrected chi connectivity index (χ1v) is 12.5. The third-order valence-electron chi connectivity index (χ3n) is 6.06. The van der Waals surface area contributed by atoms with Crippen molar-refractivity contribution in [2.75, 3.05) is 0 Å². The van der Waals surface area contributed by atoms with Crippen LogP contribution in [0.2, 0.25) is 0 Å². The van der Waals surface area contributed by atoms with Gasteiger partial charge in [0.25, 0.3) is 0 Å². The Morgan fingerprint density at radius 1 is 0.780 bits per heavy atom. The van der Waals surface area contributed by atoms with Crippen LogP contribution in [-0.4, -0.2) is 80.8 Å². The molecule has 0 spiro atoms. The van der Waals surface area contributed by atoms with Gasteiger partial charge in [-0.1, -0.05) is 18.2 Å². The number of carbonyl (C=O) groups excluding carboxylic acids is 5. The van der Waals surface area contributed by atoms with Gasteiger partial charge in [-0.25, -0.2) is 4.79 Å². The zero-order valence-electron chi connectivity index (χ0n) is 21.9. The Morgan fingerprint density at radius 2 is 1.37 bits per heavy atom. The van der Waals surface area contributed by atoms with E-state index in [2.05, 4.69) is 20.9 Å². The Labute approximate surface area is 233 Å². The summed E-state index contributed by atoms with van der Waals surface area (Å²) < 4.78 is 0. The molecule has 0 bridgehead atoms. The summed E-state index contributed by atoms with van der Waals surface area (Å²) in [6.45, 7) is 0. The summed E-state index contributed by atoms with van der Waals surface area (Å²) in [5.41, 5.74) is 17.1. The quantitative estimate of drug-likeness (QED) is 0.0961. The van der Waals surface area contributed by atoms with Gasteiger partial charge >= 0.3 is 11.9 Å². The number of benzene rings is 1. The summed E-state index contributed by atoms with van der Waals surface area (Å²) in [6.07, 6.45) is -0.641. The first-order valence-electron chi connectivity index (χ1n) is 12.5. The number of rotatable bonds is 17. The van der Waals surface area contributed by atoms with Crippen LogP contribution in [0.1, 0.15) is 37.7 Å². The maximum atomic E-state index is 13.3. The number of aromatic amines is 1. The van der Waals surface area contributed by atoms with Gasteiger partial charge in [-0.2, -0.15) is 0 Å². The number of fused-ring (bicyclic) bond motifs is 1. The van der Waals surface area contributed by atoms with Gasteiger partial charge in [0.1, 0.15) is 18.1 Å². The Hall–Kier alpha value is -4.99. The summed E-state index contributed by atoms with van der Waals surface area (Å²) in [6, 6.07) is 1.27. The predicted molar refractivity (Wildman–Crippen MR) is 143 cm³/mol. The van der Waals surface area contributed by atoms with E-state index in [1.54, 1.807) is 30.5 Å². The summed E-state index contributed by atoms with van der Waals surface area (Å²) in [5, 5.41) is 26.3. The van der Waals surface area contributed by atoms with Crippen LogP contribution >= 0.6 is 0 Å². The summed E-state index contributed by atoms with van der Waals surface area (Å²) in [4.78, 5) is 87.1. The van der Waals surface area contributed by atoms with Crippen LogP contribution < -0.4 is 33.2 Å². The Morgan fingerprint density at radius 3 is 1.98 bits per heavy atom. The van der Waals surface area contributed by atoms with Gasteiger partial charge in [-0.05, 0) is 24.5 Å². The lowest BCUT2D eigenvalue weighted by molar-refractivity contribution is -0.142. The molecule has 0 aliphatic carbocycles. The second-order valence-corrected chi connectivity index (χ2v) is 9.30. The molecule has 1 aromatic carbocycles. The number of nitrogens with two attached hydrogens (primary N) is 3. The molecule has 0 aliphatic rings. The number of nitrogens with one attached hydrogen (secondary N) is 4. The number of aromatic nitrogens is 1. The highest BCUT2D eigenvalue weighted by atomic mass is 16.4. The molecule has 0 saturated heterocycles. The number of carboxylic acids is 2. The Kier molecular flexibility index (Phi) is 11.8. The molecule has 2 aromatic rings. The molecular formula is C25H33N7O9. The lowest BCUT2D eigenvalue weighted by atomic mass is 10.0. The smallest absolute Gasteiger partial charge is 0.326 e. The average molecular weight is 576 g/mol. The van der Waals surface area contributed by atoms with Gasteiger partial charge in [0.05, 0.1) is 12.5 Å². The highest BCUT2D eigenvalue weighted by Gasteiger charge is 2.31. The Balaban J connectivity index is 2.34. The molecular weight excluding hydrogens is 542 g/mol. The van der Waals surface area contributed by atoms with Gasteiger partial charge in [-0.15, -0.1) is 0 Å². The van der Waals surface area contributed by atoms with E-state index < -0.39 is 84.9 Å². The highest BCUT2D eigenvalue weighted by Crippen LogP contribution is 2.19. The third kappa shape index (κ3) is 10.2. The second-order valence-electron chi connectivity index (χ2n) is 9.30. The molecule has 5 amide bonds. The van der Waals surface area contributed by atoms with E-state index in [0.717, 1.165) is 10.9 Å². The van der Waals surface area contributed by atoms with Crippen LogP contribution in [0, 0.1) is 0 Å². The number of primary amides is 2. The molecule has 0 aliphatic heterocycles. The first-order chi connectivity index (χ1) is 19.3. The molecule has 16 nitrogen and oxygen atoms in total. The van der Waals surface area contributed by atoms with Crippen LogP contribution in [0.5, 0.6) is 0 Å². The molecule has 4 atom stereocenters. The maximum Gasteiger partial charge on any atom is 0.326 e. The number of amides is 5. The van der Waals surface area contributed by atoms with Gasteiger partial charge in [0.2, 0.25) is 29.5 Å². The van der Waals surface area contributed by atoms with E-state index >= 15 is 0 Å². The fourth-order valence-electron chi connectivity index (χ4n) is 3.94. The van der Waals surface area contributed by atoms with Gasteiger partial charge in [0.15, 0.2) is 0 Å². The topological polar surface area (TPSA) is 290 Å². The van der Waals surface area contributed by atoms with Crippen molar-refractivity contribution in [3.05, 3.63) is 36.0 Å². The minimum atomic E-state index is -1.51. The number of carbonyl (C=O) groups is 7. The lowest BCUT2D eigenvalue weighted by Gasteiger charge is -2.25. The predicted octanol–water partition coefficient (Wildman–Crippen LogP) is -2.42. The zero-order valence-corrected chi connectivity index (χ0v) is 21.9.